The van der Waals surface area contributed by atoms with Crippen molar-refractivity contribution in [2.75, 3.05) is 13.1 Å². The van der Waals surface area contributed by atoms with Gasteiger partial charge in [-0.15, -0.1) is 0 Å². The van der Waals surface area contributed by atoms with Gasteiger partial charge < -0.3 is 15.0 Å². The largest absolute Gasteiger partial charge is 0.444 e. The molecule has 1 aromatic rings. The van der Waals surface area contributed by atoms with Crippen LogP contribution in [0.2, 0.25) is 0 Å². The van der Waals surface area contributed by atoms with Crippen molar-refractivity contribution in [1.82, 2.24) is 10.2 Å². The fourth-order valence-electron chi connectivity index (χ4n) is 2.51. The molecule has 1 aromatic carbocycles. The molecule has 7 heteroatoms. The number of carbonyl (C=O) groups is 2. The van der Waals surface area contributed by atoms with Gasteiger partial charge in [-0.1, -0.05) is 6.07 Å². The van der Waals surface area contributed by atoms with Crippen molar-refractivity contribution < 1.29 is 18.7 Å². The average Bonchev–Trinajstić information content (AvgIpc) is 2.89. The molecule has 0 aromatic heterocycles. The Bertz CT molecular complexity index is 631. The molecule has 1 aliphatic rings. The molecule has 132 valence electrons. The summed E-state index contributed by atoms with van der Waals surface area (Å²) in [5.41, 5.74) is 0.200. The zero-order valence-electron chi connectivity index (χ0n) is 14.1. The number of hydrogen-bond acceptors (Lipinski definition) is 3. The maximum absolute atomic E-state index is 13.2. The van der Waals surface area contributed by atoms with Crippen LogP contribution in [0.15, 0.2) is 22.7 Å². The quantitative estimate of drug-likeness (QED) is 0.846. The van der Waals surface area contributed by atoms with E-state index in [1.807, 2.05) is 0 Å². The highest BCUT2D eigenvalue weighted by molar-refractivity contribution is 9.10. The van der Waals surface area contributed by atoms with E-state index in [1.54, 1.807) is 37.8 Å². The summed E-state index contributed by atoms with van der Waals surface area (Å²) >= 11 is 3.12. The van der Waals surface area contributed by atoms with Crippen molar-refractivity contribution in [2.24, 2.45) is 0 Å². The maximum Gasteiger partial charge on any atom is 0.407 e. The van der Waals surface area contributed by atoms with E-state index in [2.05, 4.69) is 21.2 Å². The van der Waals surface area contributed by atoms with Gasteiger partial charge in [-0.2, -0.15) is 0 Å². The molecule has 0 spiro atoms. The molecule has 24 heavy (non-hydrogen) atoms. The van der Waals surface area contributed by atoms with Crippen LogP contribution in [0.3, 0.4) is 0 Å². The Morgan fingerprint density at radius 3 is 2.75 bits per heavy atom. The van der Waals surface area contributed by atoms with Crippen molar-refractivity contribution in [3.05, 3.63) is 34.1 Å². The lowest BCUT2D eigenvalue weighted by atomic mass is 10.1. The Labute approximate surface area is 149 Å². The van der Waals surface area contributed by atoms with Gasteiger partial charge in [0, 0.05) is 13.1 Å². The Hall–Kier alpha value is -1.63. The van der Waals surface area contributed by atoms with Gasteiger partial charge in [-0.3, -0.25) is 4.79 Å². The van der Waals surface area contributed by atoms with Crippen LogP contribution in [-0.4, -0.2) is 41.6 Å². The summed E-state index contributed by atoms with van der Waals surface area (Å²) in [5.74, 6) is -0.393. The minimum Gasteiger partial charge on any atom is -0.444 e. The second kappa shape index (κ2) is 7.51. The van der Waals surface area contributed by atoms with Crippen LogP contribution in [0.5, 0.6) is 0 Å². The molecule has 1 atom stereocenters. The fraction of sp³-hybridized carbons (Fsp3) is 0.529. The SMILES string of the molecule is CC(C)(C)OC(=O)N[C@@H]1CCN(C(=O)Cc2ccc(F)c(Br)c2)C1. The summed E-state index contributed by atoms with van der Waals surface area (Å²) in [4.78, 5) is 25.8. The first-order chi connectivity index (χ1) is 11.1. The average molecular weight is 401 g/mol. The van der Waals surface area contributed by atoms with E-state index in [0.29, 0.717) is 24.0 Å². The second-order valence-corrected chi connectivity index (χ2v) is 7.75. The molecule has 2 rings (SSSR count). The lowest BCUT2D eigenvalue weighted by molar-refractivity contribution is -0.129. The van der Waals surface area contributed by atoms with Crippen LogP contribution in [-0.2, 0) is 16.0 Å². The molecular formula is C17H22BrFN2O3. The highest BCUT2D eigenvalue weighted by atomic mass is 79.9. The molecule has 0 radical (unpaired) electrons. The summed E-state index contributed by atoms with van der Waals surface area (Å²) in [5, 5.41) is 2.79. The molecule has 0 saturated carbocycles. The zero-order chi connectivity index (χ0) is 17.9. The smallest absolute Gasteiger partial charge is 0.407 e. The Balaban J connectivity index is 1.85. The highest BCUT2D eigenvalue weighted by Crippen LogP contribution is 2.19. The minimum absolute atomic E-state index is 0.0398. The van der Waals surface area contributed by atoms with E-state index >= 15 is 0 Å². The third kappa shape index (κ3) is 5.47. The van der Waals surface area contributed by atoms with Gasteiger partial charge in [0.05, 0.1) is 16.9 Å². The Kier molecular flexibility index (Phi) is 5.85. The summed E-state index contributed by atoms with van der Waals surface area (Å²) < 4.78 is 18.8. The molecule has 1 saturated heterocycles. The third-order valence-electron chi connectivity index (χ3n) is 3.60. The number of alkyl carbamates (subject to hydrolysis) is 1. The Morgan fingerprint density at radius 2 is 2.12 bits per heavy atom. The molecule has 1 aliphatic heterocycles. The number of likely N-dealkylation sites (tertiary alicyclic amines) is 1. The van der Waals surface area contributed by atoms with E-state index < -0.39 is 11.7 Å². The maximum atomic E-state index is 13.2. The number of ether oxygens (including phenoxy) is 1. The van der Waals surface area contributed by atoms with Crippen LogP contribution in [0.4, 0.5) is 9.18 Å². The number of rotatable bonds is 3. The van der Waals surface area contributed by atoms with E-state index in [4.69, 9.17) is 4.74 Å². The molecular weight excluding hydrogens is 379 g/mol. The molecule has 1 fully saturated rings. The zero-order valence-corrected chi connectivity index (χ0v) is 15.7. The first-order valence-electron chi connectivity index (χ1n) is 7.85. The molecule has 0 unspecified atom stereocenters. The molecule has 2 amide bonds. The second-order valence-electron chi connectivity index (χ2n) is 6.90. The Morgan fingerprint density at radius 1 is 1.42 bits per heavy atom. The summed E-state index contributed by atoms with van der Waals surface area (Å²) in [6.45, 7) is 6.45. The predicted molar refractivity (Wildman–Crippen MR) is 92.2 cm³/mol. The van der Waals surface area contributed by atoms with E-state index in [1.165, 1.54) is 6.07 Å². The first-order valence-corrected chi connectivity index (χ1v) is 8.64. The first kappa shape index (κ1) is 18.7. The third-order valence-corrected chi connectivity index (χ3v) is 4.21. The molecule has 5 nitrogen and oxygen atoms in total. The van der Waals surface area contributed by atoms with Crippen LogP contribution in [0.25, 0.3) is 0 Å². The number of benzene rings is 1. The van der Waals surface area contributed by atoms with Gasteiger partial charge in [-0.25, -0.2) is 9.18 Å². The molecule has 1 heterocycles. The highest BCUT2D eigenvalue weighted by Gasteiger charge is 2.28. The standard InChI is InChI=1S/C17H22BrFN2O3/c1-17(2,3)24-16(23)20-12-6-7-21(10-12)15(22)9-11-4-5-14(19)13(18)8-11/h4-5,8,12H,6-7,9-10H2,1-3H3,(H,20,23)/t12-/m1/s1. The number of nitrogens with one attached hydrogen (secondary N) is 1. The van der Waals surface area contributed by atoms with Gasteiger partial charge in [0.25, 0.3) is 0 Å². The van der Waals surface area contributed by atoms with Crippen molar-refractivity contribution >= 4 is 27.9 Å². The number of hydrogen-bond donors (Lipinski definition) is 1. The molecule has 1 N–H and O–H groups in total. The predicted octanol–water partition coefficient (Wildman–Crippen LogP) is 3.26. The number of nitrogens with zero attached hydrogens (tertiary/aromatic N) is 1. The lowest BCUT2D eigenvalue weighted by Gasteiger charge is -2.22. The van der Waals surface area contributed by atoms with Crippen molar-refractivity contribution in [3.63, 3.8) is 0 Å². The van der Waals surface area contributed by atoms with Crippen molar-refractivity contribution in [2.45, 2.75) is 45.3 Å². The van der Waals surface area contributed by atoms with E-state index in [-0.39, 0.29) is 24.2 Å². The fourth-order valence-corrected chi connectivity index (χ4v) is 2.94. The van der Waals surface area contributed by atoms with Crippen LogP contribution >= 0.6 is 15.9 Å². The normalized spacial score (nSPS) is 17.7. The van der Waals surface area contributed by atoms with Gasteiger partial charge in [0.2, 0.25) is 5.91 Å². The van der Waals surface area contributed by atoms with Crippen molar-refractivity contribution in [3.8, 4) is 0 Å². The molecule has 0 bridgehead atoms. The number of carbonyl (C=O) groups excluding carboxylic acids is 2. The monoisotopic (exact) mass is 400 g/mol. The van der Waals surface area contributed by atoms with Gasteiger partial charge in [0.1, 0.15) is 11.4 Å². The van der Waals surface area contributed by atoms with Crippen LogP contribution < -0.4 is 5.32 Å². The van der Waals surface area contributed by atoms with Gasteiger partial charge >= 0.3 is 6.09 Å². The van der Waals surface area contributed by atoms with Gasteiger partial charge in [-0.05, 0) is 60.8 Å². The van der Waals surface area contributed by atoms with Gasteiger partial charge in [0.15, 0.2) is 0 Å². The number of amides is 2. The number of halogens is 2. The molecule has 0 aliphatic carbocycles. The lowest BCUT2D eigenvalue weighted by Crippen LogP contribution is -2.41. The summed E-state index contributed by atoms with van der Waals surface area (Å²) in [6, 6.07) is 4.44. The minimum atomic E-state index is -0.547. The summed E-state index contributed by atoms with van der Waals surface area (Å²) in [6.07, 6.45) is 0.431. The van der Waals surface area contributed by atoms with Crippen molar-refractivity contribution in [1.29, 1.82) is 0 Å². The van der Waals surface area contributed by atoms with E-state index in [0.717, 1.165) is 5.56 Å². The topological polar surface area (TPSA) is 58.6 Å². The van der Waals surface area contributed by atoms with Crippen LogP contribution in [0.1, 0.15) is 32.8 Å². The van der Waals surface area contributed by atoms with Crippen LogP contribution in [0, 0.1) is 5.82 Å². The summed E-state index contributed by atoms with van der Waals surface area (Å²) in [7, 11) is 0. The van der Waals surface area contributed by atoms with E-state index in [9.17, 15) is 14.0 Å².